The number of nitrogens with two attached hydrogens (primary N) is 1. The molecule has 0 aliphatic carbocycles. The van der Waals surface area contributed by atoms with E-state index in [1.165, 1.54) is 17.2 Å². The molecule has 1 aliphatic heterocycles. The highest BCUT2D eigenvalue weighted by Crippen LogP contribution is 2.44. The quantitative estimate of drug-likeness (QED) is 0.695. The summed E-state index contributed by atoms with van der Waals surface area (Å²) in [6.45, 7) is -0.285. The van der Waals surface area contributed by atoms with Gasteiger partial charge in [0.15, 0.2) is 17.6 Å². The van der Waals surface area contributed by atoms with Crippen molar-refractivity contribution in [3.63, 3.8) is 0 Å². The molecule has 0 radical (unpaired) electrons. The minimum atomic E-state index is -1.50. The number of nitrogen functional groups attached to an aromatic ring is 1. The van der Waals surface area contributed by atoms with Gasteiger partial charge >= 0.3 is 0 Å². The Balaban J connectivity index is 2.04. The van der Waals surface area contributed by atoms with Gasteiger partial charge in [-0.1, -0.05) is 0 Å². The Kier molecular flexibility index (Phi) is 3.03. The summed E-state index contributed by atoms with van der Waals surface area (Å²) < 4.78 is 15.6. The number of anilines is 1. The number of rotatable bonds is 2. The third-order valence-corrected chi connectivity index (χ3v) is 4.68. The Morgan fingerprint density at radius 2 is 2.21 bits per heavy atom. The summed E-state index contributed by atoms with van der Waals surface area (Å²) in [5, 5.41) is 17.6. The molecule has 0 aromatic carbocycles. The van der Waals surface area contributed by atoms with Crippen molar-refractivity contribution < 1.29 is 14.6 Å². The highest BCUT2D eigenvalue weighted by atomic mass is 32.2. The molecule has 102 valence electrons. The summed E-state index contributed by atoms with van der Waals surface area (Å²) in [6.07, 6.45) is -0.0119. The Bertz CT molecular complexity index is 609. The molecule has 4 atom stereocenters. The monoisotopic (exact) mass is 285 g/mol. The zero-order valence-corrected chi connectivity index (χ0v) is 10.5. The van der Waals surface area contributed by atoms with Crippen LogP contribution in [0, 0.1) is 0 Å². The van der Waals surface area contributed by atoms with E-state index in [0.29, 0.717) is 11.2 Å². The van der Waals surface area contributed by atoms with Gasteiger partial charge in [0.25, 0.3) is 0 Å². The van der Waals surface area contributed by atoms with Crippen LogP contribution in [0.1, 0.15) is 5.37 Å². The van der Waals surface area contributed by atoms with Gasteiger partial charge in [-0.3, -0.25) is 4.57 Å². The van der Waals surface area contributed by atoms with Gasteiger partial charge in [-0.05, 0) is 0 Å². The normalized spacial score (nSPS) is 31.1. The summed E-state index contributed by atoms with van der Waals surface area (Å²) in [7, 11) is 0. The molecule has 2 aromatic heterocycles. The van der Waals surface area contributed by atoms with Gasteiger partial charge < -0.3 is 15.9 Å². The number of alkyl halides is 1. The molecule has 7 nitrogen and oxygen atoms in total. The van der Waals surface area contributed by atoms with E-state index in [4.69, 9.17) is 10.8 Å². The number of thioether (sulfide) groups is 1. The van der Waals surface area contributed by atoms with Crippen molar-refractivity contribution in [2.75, 3.05) is 12.3 Å². The van der Waals surface area contributed by atoms with Crippen molar-refractivity contribution >= 4 is 28.7 Å². The number of aliphatic hydroxyl groups is 2. The first kappa shape index (κ1) is 12.6. The van der Waals surface area contributed by atoms with Gasteiger partial charge in [0, 0.05) is 0 Å². The molecule has 3 rings (SSSR count). The largest absolute Gasteiger partial charge is 0.395 e. The highest BCUT2D eigenvalue weighted by molar-refractivity contribution is 8.00. The molecule has 4 N–H and O–H groups in total. The summed E-state index contributed by atoms with van der Waals surface area (Å²) in [5.41, 5.74) is 6.48. The van der Waals surface area contributed by atoms with Crippen LogP contribution in [0.2, 0.25) is 0 Å². The number of hydrogen-bond donors (Lipinski definition) is 3. The Hall–Kier alpha value is -1.45. The Labute approximate surface area is 111 Å². The van der Waals surface area contributed by atoms with Crippen LogP contribution in [0.3, 0.4) is 0 Å². The first-order chi connectivity index (χ1) is 9.13. The van der Waals surface area contributed by atoms with Crippen LogP contribution in [-0.4, -0.2) is 53.9 Å². The molecule has 1 fully saturated rings. The molecule has 9 heteroatoms. The van der Waals surface area contributed by atoms with Gasteiger partial charge in [0.1, 0.15) is 23.3 Å². The second-order valence-corrected chi connectivity index (χ2v) is 5.63. The predicted octanol–water partition coefficient (Wildman–Crippen LogP) is -0.286. The van der Waals surface area contributed by atoms with Crippen LogP contribution in [0.4, 0.5) is 10.2 Å². The number of hydrogen-bond acceptors (Lipinski definition) is 7. The minimum absolute atomic E-state index is 0.224. The van der Waals surface area contributed by atoms with E-state index in [9.17, 15) is 9.50 Å². The molecule has 0 bridgehead atoms. The van der Waals surface area contributed by atoms with Crippen LogP contribution in [0.15, 0.2) is 12.7 Å². The minimum Gasteiger partial charge on any atom is -0.395 e. The Morgan fingerprint density at radius 3 is 2.89 bits per heavy atom. The van der Waals surface area contributed by atoms with Crippen LogP contribution in [-0.2, 0) is 0 Å². The summed E-state index contributed by atoms with van der Waals surface area (Å²) in [6, 6.07) is 0. The summed E-state index contributed by atoms with van der Waals surface area (Å²) in [5.74, 6) is 0.224. The van der Waals surface area contributed by atoms with Crippen molar-refractivity contribution in [1.82, 2.24) is 19.5 Å². The lowest BCUT2D eigenvalue weighted by Gasteiger charge is -2.14. The van der Waals surface area contributed by atoms with Crippen LogP contribution in [0.25, 0.3) is 11.2 Å². The molecule has 1 aliphatic rings. The summed E-state index contributed by atoms with van der Waals surface area (Å²) >= 11 is 1.15. The molecule has 3 heterocycles. The van der Waals surface area contributed by atoms with Gasteiger partial charge in [-0.15, -0.1) is 11.8 Å². The maximum Gasteiger partial charge on any atom is 0.166 e. The molecule has 0 amide bonds. The maximum atomic E-state index is 14.1. The van der Waals surface area contributed by atoms with Gasteiger partial charge in [0.05, 0.1) is 18.2 Å². The van der Waals surface area contributed by atoms with E-state index in [2.05, 4.69) is 15.0 Å². The van der Waals surface area contributed by atoms with E-state index in [-0.39, 0.29) is 12.4 Å². The SMILES string of the molecule is Nc1ncnc2c1ncn2[C@H]1S[C@H](CO)[C@@H](O)[C@@H]1F. The van der Waals surface area contributed by atoms with Crippen molar-refractivity contribution in [3.8, 4) is 0 Å². The van der Waals surface area contributed by atoms with Crippen LogP contribution < -0.4 is 5.73 Å². The third kappa shape index (κ3) is 1.85. The second kappa shape index (κ2) is 4.58. The molecule has 0 unspecified atom stereocenters. The fourth-order valence-corrected chi connectivity index (χ4v) is 3.49. The molecule has 1 saturated heterocycles. The van der Waals surface area contributed by atoms with Crippen molar-refractivity contribution in [3.05, 3.63) is 12.7 Å². The second-order valence-electron chi connectivity index (χ2n) is 4.27. The average Bonchev–Trinajstić information content (AvgIpc) is 2.94. The smallest absolute Gasteiger partial charge is 0.166 e. The van der Waals surface area contributed by atoms with Gasteiger partial charge in [0.2, 0.25) is 0 Å². The van der Waals surface area contributed by atoms with E-state index in [1.807, 2.05) is 0 Å². The first-order valence-electron chi connectivity index (χ1n) is 5.65. The number of halogens is 1. The highest BCUT2D eigenvalue weighted by Gasteiger charge is 2.44. The third-order valence-electron chi connectivity index (χ3n) is 3.13. The molecule has 19 heavy (non-hydrogen) atoms. The van der Waals surface area contributed by atoms with E-state index >= 15 is 0 Å². The summed E-state index contributed by atoms with van der Waals surface area (Å²) in [4.78, 5) is 11.9. The van der Waals surface area contributed by atoms with E-state index in [0.717, 1.165) is 11.8 Å². The van der Waals surface area contributed by atoms with Crippen LogP contribution >= 0.6 is 11.8 Å². The maximum absolute atomic E-state index is 14.1. The number of fused-ring (bicyclic) bond motifs is 1. The van der Waals surface area contributed by atoms with E-state index < -0.39 is 22.9 Å². The lowest BCUT2D eigenvalue weighted by atomic mass is 10.1. The zero-order valence-electron chi connectivity index (χ0n) is 9.72. The molecule has 0 spiro atoms. The fraction of sp³-hybridized carbons (Fsp3) is 0.500. The molecular weight excluding hydrogens is 273 g/mol. The topological polar surface area (TPSA) is 110 Å². The Morgan fingerprint density at radius 1 is 1.42 bits per heavy atom. The zero-order chi connectivity index (χ0) is 13.6. The molecule has 0 saturated carbocycles. The number of imidazole rings is 1. The van der Waals surface area contributed by atoms with Gasteiger partial charge in [-0.2, -0.15) is 0 Å². The average molecular weight is 285 g/mol. The predicted molar refractivity (Wildman–Crippen MR) is 68.1 cm³/mol. The van der Waals surface area contributed by atoms with Crippen molar-refractivity contribution in [2.45, 2.75) is 22.9 Å². The number of aliphatic hydroxyl groups excluding tert-OH is 2. The molecule has 2 aromatic rings. The standard InChI is InChI=1S/C10H12FN5O2S/c11-5-7(18)4(1-17)19-10(5)16-3-15-6-8(12)13-2-14-9(6)16/h2-5,7,10,17-18H,1H2,(H2,12,13,14)/t4-,5+,7-,10+/m1/s1. The van der Waals surface area contributed by atoms with Crippen molar-refractivity contribution in [1.29, 1.82) is 0 Å². The van der Waals surface area contributed by atoms with Gasteiger partial charge in [-0.25, -0.2) is 19.3 Å². The number of aromatic nitrogens is 4. The van der Waals surface area contributed by atoms with E-state index in [1.54, 1.807) is 0 Å². The fourth-order valence-electron chi connectivity index (χ4n) is 2.13. The first-order valence-corrected chi connectivity index (χ1v) is 6.59. The van der Waals surface area contributed by atoms with Crippen molar-refractivity contribution in [2.24, 2.45) is 0 Å². The lowest BCUT2D eigenvalue weighted by molar-refractivity contribution is 0.0642. The molecular formula is C10H12FN5O2S. The van der Waals surface area contributed by atoms with Crippen LogP contribution in [0.5, 0.6) is 0 Å². The number of nitrogens with zero attached hydrogens (tertiary/aromatic N) is 4. The lowest BCUT2D eigenvalue weighted by Crippen LogP contribution is -2.29.